The summed E-state index contributed by atoms with van der Waals surface area (Å²) in [7, 11) is -2.83. The van der Waals surface area contributed by atoms with Crippen LogP contribution in [0, 0.1) is 0 Å². The molecule has 1 fully saturated rings. The molecule has 4 aromatic carbocycles. The molecular weight excluding hydrogens is 657 g/mol. The average Bonchev–Trinajstić information content (AvgIpc) is 3.59. The summed E-state index contributed by atoms with van der Waals surface area (Å²) in [5, 5.41) is 3.91. The summed E-state index contributed by atoms with van der Waals surface area (Å²) >= 11 is 12.8. The van der Waals surface area contributed by atoms with Crippen molar-refractivity contribution in [3.05, 3.63) is 124 Å². The zero-order chi connectivity index (χ0) is 33.4. The van der Waals surface area contributed by atoms with E-state index in [0.29, 0.717) is 15.6 Å². The predicted octanol–water partition coefficient (Wildman–Crippen LogP) is 6.90. The van der Waals surface area contributed by atoms with Crippen molar-refractivity contribution in [1.29, 1.82) is 0 Å². The molecule has 0 heterocycles. The van der Waals surface area contributed by atoms with Crippen LogP contribution < -0.4 is 14.4 Å². The number of carbonyl (C=O) groups excluding carboxylic acids is 2. The predicted molar refractivity (Wildman–Crippen MR) is 185 cm³/mol. The maximum absolute atomic E-state index is 14.7. The summed E-state index contributed by atoms with van der Waals surface area (Å²) in [6, 6.07) is 27.9. The Balaban J connectivity index is 1.60. The van der Waals surface area contributed by atoms with E-state index >= 15 is 0 Å². The van der Waals surface area contributed by atoms with Gasteiger partial charge in [0.15, 0.2) is 0 Å². The number of ether oxygens (including phenoxy) is 1. The Morgan fingerprint density at radius 2 is 1.53 bits per heavy atom. The van der Waals surface area contributed by atoms with E-state index in [9.17, 15) is 18.0 Å². The van der Waals surface area contributed by atoms with Crippen LogP contribution in [0.25, 0.3) is 0 Å². The van der Waals surface area contributed by atoms with Gasteiger partial charge < -0.3 is 15.0 Å². The Morgan fingerprint density at radius 3 is 2.19 bits per heavy atom. The molecule has 0 spiro atoms. The van der Waals surface area contributed by atoms with Gasteiger partial charge in [0.2, 0.25) is 11.8 Å². The van der Waals surface area contributed by atoms with Gasteiger partial charge in [0.1, 0.15) is 18.3 Å². The highest BCUT2D eigenvalue weighted by atomic mass is 35.5. The SMILES string of the molecule is COc1ccccc1N(CC(=O)N(Cc1ccc(Cl)cc1Cl)[C@@H](Cc1ccccc1)C(=O)NC1CCCC1)S(=O)(=O)c1ccccc1. The van der Waals surface area contributed by atoms with E-state index in [4.69, 9.17) is 27.9 Å². The summed E-state index contributed by atoms with van der Waals surface area (Å²) in [5.74, 6) is -0.634. The molecular formula is C36H37Cl2N3O5S. The van der Waals surface area contributed by atoms with E-state index < -0.39 is 28.5 Å². The fourth-order valence-corrected chi connectivity index (χ4v) is 7.74. The molecule has 11 heteroatoms. The number of nitrogens with one attached hydrogen (secondary N) is 1. The molecule has 1 N–H and O–H groups in total. The van der Waals surface area contributed by atoms with Crippen molar-refractivity contribution in [3.8, 4) is 5.75 Å². The highest BCUT2D eigenvalue weighted by Gasteiger charge is 2.36. The van der Waals surface area contributed by atoms with Gasteiger partial charge in [-0.15, -0.1) is 0 Å². The van der Waals surface area contributed by atoms with Gasteiger partial charge in [0, 0.05) is 29.1 Å². The van der Waals surface area contributed by atoms with Crippen molar-refractivity contribution in [2.45, 2.75) is 55.6 Å². The third-order valence-corrected chi connectivity index (χ3v) is 10.7. The molecule has 0 aromatic heterocycles. The molecule has 1 atom stereocenters. The third kappa shape index (κ3) is 8.46. The Bertz CT molecular complexity index is 1790. The van der Waals surface area contributed by atoms with Crippen LogP contribution in [0.2, 0.25) is 10.0 Å². The fourth-order valence-electron chi connectivity index (χ4n) is 5.82. The normalized spacial score (nSPS) is 13.9. The van der Waals surface area contributed by atoms with E-state index in [1.165, 1.54) is 24.1 Å². The molecule has 246 valence electrons. The number of hydrogen-bond acceptors (Lipinski definition) is 5. The van der Waals surface area contributed by atoms with Gasteiger partial charge in [0.25, 0.3) is 10.0 Å². The van der Waals surface area contributed by atoms with Crippen LogP contribution in [-0.2, 0) is 32.6 Å². The summed E-state index contributed by atoms with van der Waals surface area (Å²) < 4.78 is 35.0. The number of halogens is 2. The maximum Gasteiger partial charge on any atom is 0.264 e. The van der Waals surface area contributed by atoms with Gasteiger partial charge in [-0.25, -0.2) is 8.42 Å². The smallest absolute Gasteiger partial charge is 0.264 e. The van der Waals surface area contributed by atoms with Crippen LogP contribution in [0.1, 0.15) is 36.8 Å². The molecule has 1 aliphatic rings. The van der Waals surface area contributed by atoms with Crippen LogP contribution in [0.15, 0.2) is 108 Å². The third-order valence-electron chi connectivity index (χ3n) is 8.29. The second kappa shape index (κ2) is 15.7. The van der Waals surface area contributed by atoms with E-state index in [0.717, 1.165) is 35.6 Å². The number of carbonyl (C=O) groups is 2. The van der Waals surface area contributed by atoms with Gasteiger partial charge in [-0.05, 0) is 60.4 Å². The molecule has 47 heavy (non-hydrogen) atoms. The van der Waals surface area contributed by atoms with Gasteiger partial charge in [0.05, 0.1) is 17.7 Å². The molecule has 0 aliphatic heterocycles. The van der Waals surface area contributed by atoms with Crippen molar-refractivity contribution in [3.63, 3.8) is 0 Å². The average molecular weight is 695 g/mol. The van der Waals surface area contributed by atoms with E-state index in [1.807, 2.05) is 30.3 Å². The van der Waals surface area contributed by atoms with E-state index in [1.54, 1.807) is 60.7 Å². The Labute approximate surface area is 286 Å². The second-order valence-corrected chi connectivity index (χ2v) is 14.2. The van der Waals surface area contributed by atoms with Crippen molar-refractivity contribution in [1.82, 2.24) is 10.2 Å². The first-order chi connectivity index (χ1) is 22.7. The first-order valence-electron chi connectivity index (χ1n) is 15.5. The Hall–Kier alpha value is -4.05. The number of hydrogen-bond donors (Lipinski definition) is 1. The fraction of sp³-hybridized carbons (Fsp3) is 0.278. The highest BCUT2D eigenvalue weighted by Crippen LogP contribution is 2.33. The lowest BCUT2D eigenvalue weighted by Gasteiger charge is -2.34. The highest BCUT2D eigenvalue weighted by molar-refractivity contribution is 7.92. The minimum Gasteiger partial charge on any atom is -0.495 e. The minimum atomic E-state index is -4.26. The number of methoxy groups -OCH3 is 1. The van der Waals surface area contributed by atoms with Gasteiger partial charge in [-0.2, -0.15) is 0 Å². The van der Waals surface area contributed by atoms with Crippen molar-refractivity contribution >= 4 is 50.7 Å². The lowest BCUT2D eigenvalue weighted by molar-refractivity contribution is -0.140. The van der Waals surface area contributed by atoms with Gasteiger partial charge in [-0.3, -0.25) is 13.9 Å². The van der Waals surface area contributed by atoms with Crippen LogP contribution >= 0.6 is 23.2 Å². The first-order valence-corrected chi connectivity index (χ1v) is 17.7. The molecule has 5 rings (SSSR count). The molecule has 1 aliphatic carbocycles. The number of rotatable bonds is 13. The number of nitrogens with zero attached hydrogens (tertiary/aromatic N) is 2. The van der Waals surface area contributed by atoms with E-state index in [-0.39, 0.29) is 41.2 Å². The molecule has 1 saturated carbocycles. The molecule has 0 radical (unpaired) electrons. The van der Waals surface area contributed by atoms with Gasteiger partial charge in [-0.1, -0.05) is 103 Å². The number of benzene rings is 4. The zero-order valence-corrected chi connectivity index (χ0v) is 28.3. The lowest BCUT2D eigenvalue weighted by atomic mass is 10.0. The van der Waals surface area contributed by atoms with Crippen LogP contribution in [0.4, 0.5) is 5.69 Å². The lowest BCUT2D eigenvalue weighted by Crippen LogP contribution is -2.54. The summed E-state index contributed by atoms with van der Waals surface area (Å²) in [6.45, 7) is -0.666. The molecule has 0 bridgehead atoms. The summed E-state index contributed by atoms with van der Waals surface area (Å²) in [4.78, 5) is 30.3. The molecule has 0 saturated heterocycles. The number of amides is 2. The topological polar surface area (TPSA) is 96.0 Å². The second-order valence-electron chi connectivity index (χ2n) is 11.4. The molecule has 8 nitrogen and oxygen atoms in total. The van der Waals surface area contributed by atoms with E-state index in [2.05, 4.69) is 5.32 Å². The first kappa shape index (κ1) is 34.3. The monoisotopic (exact) mass is 693 g/mol. The Kier molecular flexibility index (Phi) is 11.4. The van der Waals surface area contributed by atoms with Gasteiger partial charge >= 0.3 is 0 Å². The van der Waals surface area contributed by atoms with Crippen molar-refractivity contribution in [2.75, 3.05) is 18.0 Å². The standard InChI is InChI=1S/C36H37Cl2N3O5S/c1-46-34-19-11-10-18-32(34)41(47(44,45)30-16-6-3-7-17-30)25-35(42)40(24-27-20-21-28(37)23-31(27)38)33(22-26-12-4-2-5-13-26)36(43)39-29-14-8-9-15-29/h2-7,10-13,16-21,23,29,33H,8-9,14-15,22,24-25H2,1H3,(H,39,43)/t33-/m0/s1. The van der Waals surface area contributed by atoms with Crippen molar-refractivity contribution in [2.24, 2.45) is 0 Å². The molecule has 2 amide bonds. The Morgan fingerprint density at radius 1 is 0.894 bits per heavy atom. The van der Waals surface area contributed by atoms with Crippen LogP contribution in [0.3, 0.4) is 0 Å². The number of para-hydroxylation sites is 2. The maximum atomic E-state index is 14.7. The van der Waals surface area contributed by atoms with Crippen LogP contribution in [-0.4, -0.2) is 50.9 Å². The minimum absolute atomic E-state index is 0.000354. The summed E-state index contributed by atoms with van der Waals surface area (Å²) in [6.07, 6.45) is 3.96. The number of anilines is 1. The van der Waals surface area contributed by atoms with Crippen molar-refractivity contribution < 1.29 is 22.7 Å². The molecule has 4 aromatic rings. The van der Waals surface area contributed by atoms with Crippen LogP contribution in [0.5, 0.6) is 5.75 Å². The number of sulfonamides is 1. The largest absolute Gasteiger partial charge is 0.495 e. The molecule has 0 unspecified atom stereocenters. The zero-order valence-electron chi connectivity index (χ0n) is 26.0. The quantitative estimate of drug-likeness (QED) is 0.164. The summed E-state index contributed by atoms with van der Waals surface area (Å²) in [5.41, 5.74) is 1.59.